The fraction of sp³-hybridized carbons (Fsp3) is 0.735. The van der Waals surface area contributed by atoms with Crippen molar-refractivity contribution in [3.05, 3.63) is 12.2 Å². The quantitative estimate of drug-likeness (QED) is 0.0760. The molecule has 0 unspecified atom stereocenters. The van der Waals surface area contributed by atoms with Gasteiger partial charge in [-0.15, -0.1) is 0 Å². The van der Waals surface area contributed by atoms with Gasteiger partial charge in [0, 0.05) is 37.7 Å². The summed E-state index contributed by atoms with van der Waals surface area (Å²) in [5.41, 5.74) is 5.24. The molecule has 270 valence electrons. The van der Waals surface area contributed by atoms with E-state index >= 15 is 0 Å². The molecule has 48 heavy (non-hydrogen) atoms. The van der Waals surface area contributed by atoms with Crippen LogP contribution in [-0.4, -0.2) is 89.2 Å². The van der Waals surface area contributed by atoms with E-state index in [9.17, 15) is 33.6 Å². The molecule has 0 aromatic heterocycles. The molecule has 6 amide bonds. The number of amides is 6. The van der Waals surface area contributed by atoms with E-state index in [1.165, 1.54) is 19.1 Å². The molecule has 1 aliphatic heterocycles. The normalized spacial score (nSPS) is 19.5. The number of nitrogens with one attached hydrogen (secondary N) is 4. The molecule has 0 saturated heterocycles. The van der Waals surface area contributed by atoms with Crippen molar-refractivity contribution in [2.24, 2.45) is 17.6 Å². The fourth-order valence-electron chi connectivity index (χ4n) is 5.58. The summed E-state index contributed by atoms with van der Waals surface area (Å²) in [6.45, 7) is 10.9. The van der Waals surface area contributed by atoms with Gasteiger partial charge in [0.25, 0.3) is 11.8 Å². The summed E-state index contributed by atoms with van der Waals surface area (Å²) in [5.74, 6) is -3.23. The van der Waals surface area contributed by atoms with Gasteiger partial charge in [-0.1, -0.05) is 26.7 Å². The first-order chi connectivity index (χ1) is 22.5. The van der Waals surface area contributed by atoms with Crippen LogP contribution in [0.5, 0.6) is 0 Å². The van der Waals surface area contributed by atoms with Gasteiger partial charge in [-0.2, -0.15) is 0 Å². The Hall–Kier alpha value is -3.81. The third-order valence-electron chi connectivity index (χ3n) is 8.34. The summed E-state index contributed by atoms with van der Waals surface area (Å²) in [7, 11) is 0. The topological polar surface area (TPSA) is 206 Å². The average molecular weight is 677 g/mol. The van der Waals surface area contributed by atoms with E-state index in [0.29, 0.717) is 38.6 Å². The maximum absolute atomic E-state index is 13.1. The highest BCUT2D eigenvalue weighted by atomic mass is 16.6. The van der Waals surface area contributed by atoms with Gasteiger partial charge in [0.15, 0.2) is 0 Å². The van der Waals surface area contributed by atoms with Gasteiger partial charge in [0.2, 0.25) is 23.6 Å². The Morgan fingerprint density at radius 3 is 2.15 bits per heavy atom. The van der Waals surface area contributed by atoms with Crippen molar-refractivity contribution in [3.8, 4) is 0 Å². The number of carbonyl (C=O) groups excluding carboxylic acids is 7. The molecule has 1 fully saturated rings. The number of rotatable bonds is 19. The molecule has 1 saturated carbocycles. The zero-order valence-electron chi connectivity index (χ0n) is 29.4. The highest BCUT2D eigenvalue weighted by Crippen LogP contribution is 2.24. The van der Waals surface area contributed by atoms with Crippen molar-refractivity contribution >= 4 is 41.4 Å². The van der Waals surface area contributed by atoms with Gasteiger partial charge < -0.3 is 31.7 Å². The van der Waals surface area contributed by atoms with Crippen molar-refractivity contribution in [1.82, 2.24) is 26.2 Å². The molecule has 1 aliphatic carbocycles. The zero-order valence-corrected chi connectivity index (χ0v) is 29.4. The van der Waals surface area contributed by atoms with Crippen LogP contribution >= 0.6 is 0 Å². The lowest BCUT2D eigenvalue weighted by atomic mass is 10.0. The van der Waals surface area contributed by atoms with Crippen molar-refractivity contribution in [2.45, 2.75) is 136 Å². The number of ether oxygens (including phenoxy) is 1. The maximum Gasteiger partial charge on any atom is 0.329 e. The maximum atomic E-state index is 13.1. The Morgan fingerprint density at radius 1 is 0.896 bits per heavy atom. The Labute approximate surface area is 284 Å². The van der Waals surface area contributed by atoms with Crippen LogP contribution in [0.4, 0.5) is 0 Å². The summed E-state index contributed by atoms with van der Waals surface area (Å²) in [5, 5.41) is 11.0. The van der Waals surface area contributed by atoms with E-state index in [-0.39, 0.29) is 60.9 Å². The van der Waals surface area contributed by atoms with E-state index in [4.69, 9.17) is 10.5 Å². The number of esters is 1. The number of hydrogen-bond donors (Lipinski definition) is 5. The molecule has 0 radical (unpaired) electrons. The number of nitrogens with two attached hydrogens (primary N) is 1. The number of nitrogens with zero attached hydrogens (tertiary/aromatic N) is 1. The zero-order chi connectivity index (χ0) is 36.0. The molecule has 0 aromatic rings. The summed E-state index contributed by atoms with van der Waals surface area (Å²) in [4.78, 5) is 88.7. The Balaban J connectivity index is 1.83. The molecule has 6 N–H and O–H groups in total. The minimum Gasteiger partial charge on any atom is -0.458 e. The summed E-state index contributed by atoms with van der Waals surface area (Å²) in [6.07, 6.45) is 8.25. The van der Waals surface area contributed by atoms with Gasteiger partial charge in [-0.25, -0.2) is 4.79 Å². The molecule has 14 nitrogen and oxygen atoms in total. The van der Waals surface area contributed by atoms with E-state index in [2.05, 4.69) is 21.3 Å². The van der Waals surface area contributed by atoms with Crippen molar-refractivity contribution in [2.75, 3.05) is 13.1 Å². The van der Waals surface area contributed by atoms with Gasteiger partial charge in [-0.3, -0.25) is 33.7 Å². The first kappa shape index (κ1) is 40.4. The van der Waals surface area contributed by atoms with E-state index < -0.39 is 41.5 Å². The van der Waals surface area contributed by atoms with E-state index in [0.717, 1.165) is 24.2 Å². The molecule has 1 heterocycles. The smallest absolute Gasteiger partial charge is 0.329 e. The minimum atomic E-state index is -1.01. The Bertz CT molecular complexity index is 1180. The number of carbonyl (C=O) groups is 7. The average Bonchev–Trinajstić information content (AvgIpc) is 3.57. The second-order valence-corrected chi connectivity index (χ2v) is 14.1. The predicted octanol–water partition coefficient (Wildman–Crippen LogP) is 1.36. The lowest BCUT2D eigenvalue weighted by molar-refractivity contribution is -0.159. The Morgan fingerprint density at radius 2 is 1.56 bits per heavy atom. The van der Waals surface area contributed by atoms with Crippen molar-refractivity contribution < 1.29 is 38.3 Å². The summed E-state index contributed by atoms with van der Waals surface area (Å²) >= 11 is 0. The molecule has 0 aromatic carbocycles. The third kappa shape index (κ3) is 13.7. The molecule has 2 aliphatic rings. The predicted molar refractivity (Wildman–Crippen MR) is 179 cm³/mol. The second-order valence-electron chi connectivity index (χ2n) is 14.1. The number of hydrogen-bond acceptors (Lipinski definition) is 9. The Kier molecular flexibility index (Phi) is 16.2. The van der Waals surface area contributed by atoms with Crippen LogP contribution in [0.25, 0.3) is 0 Å². The van der Waals surface area contributed by atoms with E-state index in [1.807, 2.05) is 0 Å². The molecule has 5 atom stereocenters. The first-order valence-corrected chi connectivity index (χ1v) is 17.2. The minimum absolute atomic E-state index is 0.0548. The summed E-state index contributed by atoms with van der Waals surface area (Å²) < 4.78 is 5.53. The summed E-state index contributed by atoms with van der Waals surface area (Å²) in [6, 6.07) is -2.99. The van der Waals surface area contributed by atoms with Gasteiger partial charge >= 0.3 is 5.97 Å². The first-order valence-electron chi connectivity index (χ1n) is 17.2. The van der Waals surface area contributed by atoms with Crippen LogP contribution in [0.2, 0.25) is 0 Å². The standard InChI is InChI=1S/C34H56N6O8/c1-21(2)29(39-26(41)16-8-7-11-20-40-27(42)17-18-28(40)43)32(46)37-22(3)30(44)38-25(33(47)48-34(4,5)6)15-9-10-19-36-31(45)23-13-12-14-24(23)35/h17-18,21-25,29H,7-16,19-20,35H2,1-6H3,(H,36,45)(H,37,46)(H,38,44)(H,39,41)/t22-,23+,24-,25-,29-/m0/s1. The number of unbranched alkanes of at least 4 members (excludes halogenated alkanes) is 3. The monoisotopic (exact) mass is 676 g/mol. The van der Waals surface area contributed by atoms with Crippen LogP contribution < -0.4 is 27.0 Å². The van der Waals surface area contributed by atoms with Crippen LogP contribution in [0.15, 0.2) is 12.2 Å². The molecule has 0 spiro atoms. The molecular weight excluding hydrogens is 620 g/mol. The van der Waals surface area contributed by atoms with Gasteiger partial charge in [0.1, 0.15) is 23.7 Å². The SMILES string of the molecule is CC(C)[C@H](NC(=O)CCCCCN1C(=O)C=CC1=O)C(=O)N[C@@H](C)C(=O)N[C@@H](CCCCNC(=O)[C@@H]1CCC[C@@H]1N)C(=O)OC(C)(C)C. The second kappa shape index (κ2) is 19.3. The van der Waals surface area contributed by atoms with Crippen LogP contribution in [0.3, 0.4) is 0 Å². The highest BCUT2D eigenvalue weighted by Gasteiger charge is 2.32. The largest absolute Gasteiger partial charge is 0.458 e. The van der Waals surface area contributed by atoms with Crippen molar-refractivity contribution in [3.63, 3.8) is 0 Å². The highest BCUT2D eigenvalue weighted by molar-refractivity contribution is 6.12. The molecule has 14 heteroatoms. The van der Waals surface area contributed by atoms with Crippen LogP contribution in [0, 0.1) is 11.8 Å². The van der Waals surface area contributed by atoms with Crippen molar-refractivity contribution in [1.29, 1.82) is 0 Å². The molecule has 2 rings (SSSR count). The van der Waals surface area contributed by atoms with Crippen LogP contribution in [-0.2, 0) is 38.3 Å². The molecular formula is C34H56N6O8. The third-order valence-corrected chi connectivity index (χ3v) is 8.34. The number of imide groups is 1. The fourth-order valence-corrected chi connectivity index (χ4v) is 5.58. The lowest BCUT2D eigenvalue weighted by Crippen LogP contribution is -2.56. The van der Waals surface area contributed by atoms with E-state index in [1.54, 1.807) is 34.6 Å². The van der Waals surface area contributed by atoms with Crippen LogP contribution in [0.1, 0.15) is 106 Å². The molecule has 0 bridgehead atoms. The van der Waals surface area contributed by atoms with Gasteiger partial charge in [0.05, 0.1) is 5.92 Å². The lowest BCUT2D eigenvalue weighted by Gasteiger charge is -2.27. The van der Waals surface area contributed by atoms with Gasteiger partial charge in [-0.05, 0) is 78.6 Å².